The van der Waals surface area contributed by atoms with Crippen molar-refractivity contribution in [1.29, 1.82) is 0 Å². The summed E-state index contributed by atoms with van der Waals surface area (Å²) in [5, 5.41) is 7.75. The van der Waals surface area contributed by atoms with Crippen LogP contribution >= 0.6 is 11.5 Å². The van der Waals surface area contributed by atoms with E-state index in [0.29, 0.717) is 11.7 Å². The van der Waals surface area contributed by atoms with Crippen LogP contribution in [0.25, 0.3) is 10.8 Å². The Kier molecular flexibility index (Phi) is 2.64. The Hall–Kier alpha value is -1.34. The molecule has 0 radical (unpaired) electrons. The van der Waals surface area contributed by atoms with Crippen molar-refractivity contribution < 1.29 is 4.52 Å². The zero-order chi connectivity index (χ0) is 11.7. The summed E-state index contributed by atoms with van der Waals surface area (Å²) in [5.74, 6) is 1.07. The molecule has 2 N–H and O–H groups in total. The highest BCUT2D eigenvalue weighted by Crippen LogP contribution is 2.34. The molecule has 7 heteroatoms. The number of nitrogens with two attached hydrogens (primary N) is 1. The Labute approximate surface area is 102 Å². The third-order valence-corrected chi connectivity index (χ3v) is 3.84. The Balaban J connectivity index is 1.89. The third-order valence-electron chi connectivity index (χ3n) is 3.19. The van der Waals surface area contributed by atoms with E-state index < -0.39 is 5.54 Å². The molecular formula is C10H13N5OS. The van der Waals surface area contributed by atoms with Crippen molar-refractivity contribution in [3.05, 3.63) is 12.0 Å². The molecule has 2 aromatic heterocycles. The van der Waals surface area contributed by atoms with Gasteiger partial charge in [-0.05, 0) is 24.4 Å². The first-order chi connectivity index (χ1) is 8.28. The average molecular weight is 251 g/mol. The van der Waals surface area contributed by atoms with Gasteiger partial charge < -0.3 is 10.3 Å². The van der Waals surface area contributed by atoms with Crippen molar-refractivity contribution in [2.75, 3.05) is 0 Å². The number of rotatable bonds is 2. The van der Waals surface area contributed by atoms with Crippen LogP contribution in [0.5, 0.6) is 0 Å². The molecule has 0 aliphatic heterocycles. The highest BCUT2D eigenvalue weighted by molar-refractivity contribution is 7.09. The van der Waals surface area contributed by atoms with Crippen molar-refractivity contribution in [2.24, 2.45) is 5.73 Å². The van der Waals surface area contributed by atoms with E-state index >= 15 is 0 Å². The minimum absolute atomic E-state index is 0.419. The highest BCUT2D eigenvalue weighted by atomic mass is 32.1. The molecule has 0 spiro atoms. The first kappa shape index (κ1) is 10.8. The maximum Gasteiger partial charge on any atom is 0.271 e. The van der Waals surface area contributed by atoms with E-state index in [9.17, 15) is 0 Å². The summed E-state index contributed by atoms with van der Waals surface area (Å²) in [6, 6.07) is 0. The Morgan fingerprint density at radius 1 is 1.29 bits per heavy atom. The van der Waals surface area contributed by atoms with E-state index in [0.717, 1.165) is 30.6 Å². The molecule has 3 rings (SSSR count). The molecule has 0 atom stereocenters. The zero-order valence-electron chi connectivity index (χ0n) is 9.30. The van der Waals surface area contributed by atoms with Crippen molar-refractivity contribution >= 4 is 11.5 Å². The van der Waals surface area contributed by atoms with Crippen LogP contribution in [0.1, 0.15) is 37.9 Å². The molecule has 6 nitrogen and oxygen atoms in total. The van der Waals surface area contributed by atoms with Gasteiger partial charge in [-0.2, -0.15) is 4.98 Å². The van der Waals surface area contributed by atoms with Crippen LogP contribution in [0.4, 0.5) is 0 Å². The Morgan fingerprint density at radius 2 is 2.12 bits per heavy atom. The lowest BCUT2D eigenvalue weighted by Gasteiger charge is -2.29. The standard InChI is InChI=1S/C10H13N5OS/c11-10(4-2-1-3-5-10)9-13-8(16-14-9)7-6-12-15-17-7/h6H,1-5,11H2. The summed E-state index contributed by atoms with van der Waals surface area (Å²) in [7, 11) is 0. The van der Waals surface area contributed by atoms with Crippen LogP contribution in [0, 0.1) is 0 Å². The molecule has 1 saturated carbocycles. The van der Waals surface area contributed by atoms with Gasteiger partial charge in [-0.1, -0.05) is 28.9 Å². The molecule has 17 heavy (non-hydrogen) atoms. The fourth-order valence-electron chi connectivity index (χ4n) is 2.19. The lowest BCUT2D eigenvalue weighted by molar-refractivity contribution is 0.275. The van der Waals surface area contributed by atoms with E-state index in [4.69, 9.17) is 10.3 Å². The summed E-state index contributed by atoms with van der Waals surface area (Å²) in [6.45, 7) is 0. The van der Waals surface area contributed by atoms with Gasteiger partial charge in [0.1, 0.15) is 4.88 Å². The number of hydrogen-bond donors (Lipinski definition) is 1. The zero-order valence-corrected chi connectivity index (χ0v) is 10.1. The van der Waals surface area contributed by atoms with E-state index in [1.807, 2.05) is 0 Å². The van der Waals surface area contributed by atoms with Gasteiger partial charge in [-0.15, -0.1) is 5.10 Å². The van der Waals surface area contributed by atoms with Gasteiger partial charge >= 0.3 is 0 Å². The van der Waals surface area contributed by atoms with Crippen molar-refractivity contribution in [1.82, 2.24) is 19.7 Å². The normalized spacial score (nSPS) is 19.4. The molecule has 90 valence electrons. The van der Waals surface area contributed by atoms with E-state index in [1.54, 1.807) is 6.20 Å². The minimum Gasteiger partial charge on any atom is -0.333 e. The van der Waals surface area contributed by atoms with Crippen LogP contribution in [-0.4, -0.2) is 19.7 Å². The smallest absolute Gasteiger partial charge is 0.271 e. The van der Waals surface area contributed by atoms with Crippen molar-refractivity contribution in [2.45, 2.75) is 37.6 Å². The first-order valence-corrected chi connectivity index (χ1v) is 6.46. The van der Waals surface area contributed by atoms with Crippen LogP contribution < -0.4 is 5.73 Å². The lowest BCUT2D eigenvalue weighted by Crippen LogP contribution is -2.39. The van der Waals surface area contributed by atoms with Crippen molar-refractivity contribution in [3.63, 3.8) is 0 Å². The maximum absolute atomic E-state index is 6.33. The van der Waals surface area contributed by atoms with Gasteiger partial charge in [0.05, 0.1) is 11.7 Å². The van der Waals surface area contributed by atoms with Crippen LogP contribution in [-0.2, 0) is 5.54 Å². The Morgan fingerprint density at radius 3 is 2.82 bits per heavy atom. The Bertz CT molecular complexity index is 489. The second-order valence-corrected chi connectivity index (χ2v) is 5.21. The van der Waals surface area contributed by atoms with E-state index in [1.165, 1.54) is 18.0 Å². The molecule has 0 saturated heterocycles. The predicted octanol–water partition coefficient (Wildman–Crippen LogP) is 1.71. The summed E-state index contributed by atoms with van der Waals surface area (Å²) in [4.78, 5) is 5.16. The molecule has 0 unspecified atom stereocenters. The fourth-order valence-corrected chi connectivity index (χ4v) is 2.63. The quantitative estimate of drug-likeness (QED) is 0.873. The summed E-state index contributed by atoms with van der Waals surface area (Å²) >= 11 is 1.24. The molecule has 0 bridgehead atoms. The number of hydrogen-bond acceptors (Lipinski definition) is 7. The largest absolute Gasteiger partial charge is 0.333 e. The average Bonchev–Trinajstić information content (AvgIpc) is 3.01. The summed E-state index contributed by atoms with van der Waals surface area (Å²) in [6.07, 6.45) is 6.96. The molecule has 2 aromatic rings. The van der Waals surface area contributed by atoms with Crippen LogP contribution in [0.3, 0.4) is 0 Å². The van der Waals surface area contributed by atoms with Gasteiger partial charge in [-0.3, -0.25) is 0 Å². The highest BCUT2D eigenvalue weighted by Gasteiger charge is 2.34. The third kappa shape index (κ3) is 1.96. The van der Waals surface area contributed by atoms with Crippen LogP contribution in [0.2, 0.25) is 0 Å². The number of aromatic nitrogens is 4. The van der Waals surface area contributed by atoms with Crippen molar-refractivity contribution in [3.8, 4) is 10.8 Å². The van der Waals surface area contributed by atoms with Gasteiger partial charge in [0.25, 0.3) is 5.89 Å². The molecule has 1 aliphatic carbocycles. The second-order valence-electron chi connectivity index (χ2n) is 4.42. The first-order valence-electron chi connectivity index (χ1n) is 5.69. The van der Waals surface area contributed by atoms with Gasteiger partial charge in [0, 0.05) is 0 Å². The fraction of sp³-hybridized carbons (Fsp3) is 0.600. The van der Waals surface area contributed by atoms with E-state index in [-0.39, 0.29) is 0 Å². The van der Waals surface area contributed by atoms with Gasteiger partial charge in [0.2, 0.25) is 0 Å². The minimum atomic E-state index is -0.419. The SMILES string of the molecule is NC1(c2noc(-c3cnns3)n2)CCCCC1. The maximum atomic E-state index is 6.33. The molecule has 1 fully saturated rings. The summed E-state index contributed by atoms with van der Waals surface area (Å²) in [5.41, 5.74) is 5.92. The lowest BCUT2D eigenvalue weighted by atomic mass is 9.82. The molecule has 0 amide bonds. The second kappa shape index (κ2) is 4.15. The van der Waals surface area contributed by atoms with Gasteiger partial charge in [-0.25, -0.2) is 0 Å². The molecular weight excluding hydrogens is 238 g/mol. The van der Waals surface area contributed by atoms with Gasteiger partial charge in [0.15, 0.2) is 5.82 Å². The monoisotopic (exact) mass is 251 g/mol. The van der Waals surface area contributed by atoms with E-state index in [2.05, 4.69) is 19.7 Å². The molecule has 0 aromatic carbocycles. The molecule has 1 aliphatic rings. The number of nitrogens with zero attached hydrogens (tertiary/aromatic N) is 4. The van der Waals surface area contributed by atoms with Crippen LogP contribution in [0.15, 0.2) is 10.7 Å². The topological polar surface area (TPSA) is 90.7 Å². The molecule has 2 heterocycles. The predicted molar refractivity (Wildman–Crippen MR) is 62.2 cm³/mol. The summed E-state index contributed by atoms with van der Waals surface area (Å²) < 4.78 is 8.99.